The number of nitrogens with one attached hydrogen (secondary N) is 1. The second-order valence-corrected chi connectivity index (χ2v) is 1.63. The Hall–Kier alpha value is -1.60. The molecule has 50 valence electrons. The van der Waals surface area contributed by atoms with E-state index in [1.165, 1.54) is 0 Å². The van der Waals surface area contributed by atoms with Gasteiger partial charge in [0.2, 0.25) is 0 Å². The van der Waals surface area contributed by atoms with Crippen molar-refractivity contribution < 1.29 is 5.21 Å². The third kappa shape index (κ3) is 1.21. The van der Waals surface area contributed by atoms with Crippen molar-refractivity contribution in [3.63, 3.8) is 0 Å². The van der Waals surface area contributed by atoms with Gasteiger partial charge in [-0.1, -0.05) is 6.07 Å². The molecular formula is C6H5N3O. The Morgan fingerprint density at radius 1 is 1.60 bits per heavy atom. The molecule has 0 aromatic carbocycles. The lowest BCUT2D eigenvalue weighted by molar-refractivity contribution is 0.386. The van der Waals surface area contributed by atoms with Gasteiger partial charge in [-0.25, -0.2) is 4.98 Å². The maximum absolute atomic E-state index is 8.34. The van der Waals surface area contributed by atoms with Gasteiger partial charge in [0, 0.05) is 0 Å². The molecule has 0 spiro atoms. The summed E-state index contributed by atoms with van der Waals surface area (Å²) in [5.74, 6) is 0.277. The first kappa shape index (κ1) is 6.52. The fourth-order valence-electron chi connectivity index (χ4n) is 0.559. The quantitative estimate of drug-likeness (QED) is 0.557. The summed E-state index contributed by atoms with van der Waals surface area (Å²) < 4.78 is 0. The lowest BCUT2D eigenvalue weighted by Gasteiger charge is -1.94. The molecule has 0 saturated heterocycles. The van der Waals surface area contributed by atoms with Crippen LogP contribution in [0.4, 0.5) is 5.82 Å². The van der Waals surface area contributed by atoms with E-state index in [-0.39, 0.29) is 11.5 Å². The average Bonchev–Trinajstić information content (AvgIpc) is 2.05. The Bertz CT molecular complexity index is 266. The van der Waals surface area contributed by atoms with E-state index in [9.17, 15) is 0 Å². The standard InChI is InChI=1S/C6H5N3O/c7-4-5-2-1-3-6(8-5)9-10/h1-3,10H,(H,8,9). The summed E-state index contributed by atoms with van der Waals surface area (Å²) >= 11 is 0. The summed E-state index contributed by atoms with van der Waals surface area (Å²) in [4.78, 5) is 3.69. The fourth-order valence-corrected chi connectivity index (χ4v) is 0.559. The molecule has 0 aliphatic rings. The van der Waals surface area contributed by atoms with E-state index in [4.69, 9.17) is 10.5 Å². The Labute approximate surface area is 57.7 Å². The van der Waals surface area contributed by atoms with E-state index in [0.29, 0.717) is 0 Å². The zero-order chi connectivity index (χ0) is 7.40. The van der Waals surface area contributed by atoms with Crippen molar-refractivity contribution in [1.82, 2.24) is 4.98 Å². The van der Waals surface area contributed by atoms with Crippen LogP contribution in [0.5, 0.6) is 0 Å². The van der Waals surface area contributed by atoms with Crippen LogP contribution in [0.25, 0.3) is 0 Å². The van der Waals surface area contributed by atoms with Crippen LogP contribution in [0.1, 0.15) is 5.69 Å². The van der Waals surface area contributed by atoms with E-state index in [1.54, 1.807) is 18.2 Å². The number of hydrogen-bond donors (Lipinski definition) is 2. The van der Waals surface area contributed by atoms with Gasteiger partial charge >= 0.3 is 0 Å². The molecule has 0 bridgehead atoms. The minimum atomic E-state index is 0.277. The zero-order valence-corrected chi connectivity index (χ0v) is 5.07. The predicted molar refractivity (Wildman–Crippen MR) is 34.4 cm³/mol. The summed E-state index contributed by atoms with van der Waals surface area (Å²) in [6.45, 7) is 0. The molecule has 1 aromatic rings. The van der Waals surface area contributed by atoms with Crippen LogP contribution in [0.2, 0.25) is 0 Å². The Morgan fingerprint density at radius 2 is 2.40 bits per heavy atom. The first-order chi connectivity index (χ1) is 4.86. The lowest BCUT2D eigenvalue weighted by Crippen LogP contribution is -1.93. The van der Waals surface area contributed by atoms with Gasteiger partial charge in [0.05, 0.1) is 0 Å². The maximum Gasteiger partial charge on any atom is 0.150 e. The number of nitrogens with zero attached hydrogens (tertiary/aromatic N) is 2. The molecule has 0 saturated carbocycles. The Kier molecular flexibility index (Phi) is 1.83. The largest absolute Gasteiger partial charge is 0.290 e. The molecule has 0 aliphatic heterocycles. The van der Waals surface area contributed by atoms with E-state index in [1.807, 2.05) is 11.5 Å². The molecule has 0 aliphatic carbocycles. The number of nitriles is 1. The summed E-state index contributed by atoms with van der Waals surface area (Å²) in [7, 11) is 0. The number of anilines is 1. The van der Waals surface area contributed by atoms with Gasteiger partial charge in [-0.15, -0.1) is 0 Å². The predicted octanol–water partition coefficient (Wildman–Crippen LogP) is 0.754. The molecule has 0 fully saturated rings. The highest BCUT2D eigenvalue weighted by Crippen LogP contribution is 2.01. The van der Waals surface area contributed by atoms with Gasteiger partial charge in [0.15, 0.2) is 5.82 Å². The number of pyridine rings is 1. The number of aromatic nitrogens is 1. The maximum atomic E-state index is 8.34. The van der Waals surface area contributed by atoms with Crippen molar-refractivity contribution in [3.05, 3.63) is 23.9 Å². The van der Waals surface area contributed by atoms with Crippen LogP contribution in [0, 0.1) is 11.3 Å². The molecule has 2 N–H and O–H groups in total. The Balaban J connectivity index is 3.01. The zero-order valence-electron chi connectivity index (χ0n) is 5.07. The van der Waals surface area contributed by atoms with Crippen LogP contribution in [0.15, 0.2) is 18.2 Å². The van der Waals surface area contributed by atoms with Gasteiger partial charge in [0.1, 0.15) is 11.8 Å². The van der Waals surface area contributed by atoms with E-state index < -0.39 is 0 Å². The second-order valence-electron chi connectivity index (χ2n) is 1.63. The molecule has 0 amide bonds. The van der Waals surface area contributed by atoms with Gasteiger partial charge in [-0.05, 0) is 12.1 Å². The second kappa shape index (κ2) is 2.80. The number of hydrogen-bond acceptors (Lipinski definition) is 4. The third-order valence-corrected chi connectivity index (χ3v) is 0.978. The SMILES string of the molecule is N#Cc1cccc(NO)n1. The highest BCUT2D eigenvalue weighted by molar-refractivity contribution is 5.35. The summed E-state index contributed by atoms with van der Waals surface area (Å²) in [5.41, 5.74) is 2.12. The normalized spacial score (nSPS) is 8.40. The van der Waals surface area contributed by atoms with Gasteiger partial charge < -0.3 is 0 Å². The lowest BCUT2D eigenvalue weighted by atomic mass is 10.4. The van der Waals surface area contributed by atoms with Crippen molar-refractivity contribution in [3.8, 4) is 6.07 Å². The molecular weight excluding hydrogens is 130 g/mol. The van der Waals surface area contributed by atoms with Crippen molar-refractivity contribution >= 4 is 5.82 Å². The monoisotopic (exact) mass is 135 g/mol. The van der Waals surface area contributed by atoms with Crippen LogP contribution >= 0.6 is 0 Å². The van der Waals surface area contributed by atoms with Crippen molar-refractivity contribution in [2.75, 3.05) is 5.48 Å². The van der Waals surface area contributed by atoms with Crippen LogP contribution < -0.4 is 5.48 Å². The number of rotatable bonds is 1. The topological polar surface area (TPSA) is 68.9 Å². The molecule has 0 radical (unpaired) electrons. The Morgan fingerprint density at radius 3 is 3.00 bits per heavy atom. The molecule has 4 nitrogen and oxygen atoms in total. The van der Waals surface area contributed by atoms with Crippen LogP contribution in [0.3, 0.4) is 0 Å². The van der Waals surface area contributed by atoms with Crippen LogP contribution in [-0.4, -0.2) is 10.2 Å². The summed E-state index contributed by atoms with van der Waals surface area (Å²) in [5, 5.41) is 16.7. The van der Waals surface area contributed by atoms with E-state index in [2.05, 4.69) is 4.98 Å². The smallest absolute Gasteiger partial charge is 0.150 e. The van der Waals surface area contributed by atoms with Gasteiger partial charge in [0.25, 0.3) is 0 Å². The molecule has 1 rings (SSSR count). The molecule has 1 heterocycles. The summed E-state index contributed by atoms with van der Waals surface area (Å²) in [6.07, 6.45) is 0. The minimum absolute atomic E-state index is 0.277. The van der Waals surface area contributed by atoms with Crippen LogP contribution in [-0.2, 0) is 0 Å². The van der Waals surface area contributed by atoms with Crippen molar-refractivity contribution in [2.24, 2.45) is 0 Å². The third-order valence-electron chi connectivity index (χ3n) is 0.978. The molecule has 1 aromatic heterocycles. The minimum Gasteiger partial charge on any atom is -0.290 e. The first-order valence-electron chi connectivity index (χ1n) is 2.64. The molecule has 0 unspecified atom stereocenters. The van der Waals surface area contributed by atoms with Crippen molar-refractivity contribution in [2.45, 2.75) is 0 Å². The van der Waals surface area contributed by atoms with E-state index in [0.717, 1.165) is 0 Å². The molecule has 0 atom stereocenters. The highest BCUT2D eigenvalue weighted by Gasteiger charge is 1.91. The van der Waals surface area contributed by atoms with Gasteiger partial charge in [-0.2, -0.15) is 5.26 Å². The van der Waals surface area contributed by atoms with Gasteiger partial charge in [-0.3, -0.25) is 10.7 Å². The van der Waals surface area contributed by atoms with Crippen molar-refractivity contribution in [1.29, 1.82) is 5.26 Å². The fraction of sp³-hybridized carbons (Fsp3) is 0. The first-order valence-corrected chi connectivity index (χ1v) is 2.64. The summed E-state index contributed by atoms with van der Waals surface area (Å²) in [6, 6.07) is 6.58. The molecule has 10 heavy (non-hydrogen) atoms. The highest BCUT2D eigenvalue weighted by atomic mass is 16.5. The molecule has 4 heteroatoms. The average molecular weight is 135 g/mol. The van der Waals surface area contributed by atoms with E-state index >= 15 is 0 Å².